The zero-order valence-electron chi connectivity index (χ0n) is 17.2. The van der Waals surface area contributed by atoms with Crippen LogP contribution in [0.25, 0.3) is 5.70 Å². The van der Waals surface area contributed by atoms with Crippen molar-refractivity contribution in [1.29, 1.82) is 0 Å². The van der Waals surface area contributed by atoms with Crippen LogP contribution in [0.2, 0.25) is 0 Å². The van der Waals surface area contributed by atoms with Gasteiger partial charge < -0.3 is 4.90 Å². The summed E-state index contributed by atoms with van der Waals surface area (Å²) in [7, 11) is 0. The standard InChI is InChI=1S/C26H31N/c1-5-6-26(27-17-15-20(2)16-18-27)25-13-11-23(12-14-25)9-10-24-8-7-21(3)22(4)19-24/h6-8,11-14,19-20H,5,15-18H2,1-4H3/b26-6+. The number of aryl methyl sites for hydroxylation is 2. The number of piperidine rings is 1. The molecule has 0 saturated carbocycles. The highest BCUT2D eigenvalue weighted by Crippen LogP contribution is 2.26. The predicted molar refractivity (Wildman–Crippen MR) is 117 cm³/mol. The molecular formula is C26H31N. The van der Waals surface area contributed by atoms with E-state index in [-0.39, 0.29) is 0 Å². The molecule has 0 aliphatic carbocycles. The molecule has 0 atom stereocenters. The van der Waals surface area contributed by atoms with Gasteiger partial charge in [0.15, 0.2) is 0 Å². The van der Waals surface area contributed by atoms with Crippen molar-refractivity contribution >= 4 is 5.70 Å². The van der Waals surface area contributed by atoms with Crippen LogP contribution in [-0.4, -0.2) is 18.0 Å². The highest BCUT2D eigenvalue weighted by molar-refractivity contribution is 5.65. The first kappa shape index (κ1) is 19.3. The van der Waals surface area contributed by atoms with Crippen molar-refractivity contribution < 1.29 is 0 Å². The molecule has 3 rings (SSSR count). The molecule has 140 valence electrons. The van der Waals surface area contributed by atoms with Crippen molar-refractivity contribution in [2.75, 3.05) is 13.1 Å². The van der Waals surface area contributed by atoms with E-state index in [1.807, 2.05) is 0 Å². The molecule has 0 radical (unpaired) electrons. The largest absolute Gasteiger partial charge is 0.371 e. The summed E-state index contributed by atoms with van der Waals surface area (Å²) in [5.74, 6) is 7.46. The fraction of sp³-hybridized carbons (Fsp3) is 0.385. The zero-order valence-corrected chi connectivity index (χ0v) is 17.2. The van der Waals surface area contributed by atoms with E-state index >= 15 is 0 Å². The third-order valence-corrected chi connectivity index (χ3v) is 5.56. The van der Waals surface area contributed by atoms with Crippen LogP contribution in [0.15, 0.2) is 48.5 Å². The molecule has 1 aliphatic heterocycles. The molecule has 2 aromatic carbocycles. The highest BCUT2D eigenvalue weighted by Gasteiger charge is 2.18. The Bertz CT molecular complexity index is 853. The van der Waals surface area contributed by atoms with Crippen LogP contribution in [-0.2, 0) is 0 Å². The Labute approximate surface area is 165 Å². The third kappa shape index (κ3) is 5.04. The molecule has 27 heavy (non-hydrogen) atoms. The van der Waals surface area contributed by atoms with E-state index in [2.05, 4.69) is 93.0 Å². The lowest BCUT2D eigenvalue weighted by Gasteiger charge is -2.34. The number of rotatable bonds is 3. The van der Waals surface area contributed by atoms with Gasteiger partial charge in [-0.15, -0.1) is 0 Å². The van der Waals surface area contributed by atoms with Crippen LogP contribution in [0.4, 0.5) is 0 Å². The third-order valence-electron chi connectivity index (χ3n) is 5.56. The number of likely N-dealkylation sites (tertiary alicyclic amines) is 1. The van der Waals surface area contributed by atoms with Gasteiger partial charge in [-0.2, -0.15) is 0 Å². The first-order valence-electron chi connectivity index (χ1n) is 10.2. The quantitative estimate of drug-likeness (QED) is 0.592. The molecule has 2 aromatic rings. The minimum Gasteiger partial charge on any atom is -0.371 e. The predicted octanol–water partition coefficient (Wildman–Crippen LogP) is 6.19. The molecule has 0 N–H and O–H groups in total. The summed E-state index contributed by atoms with van der Waals surface area (Å²) < 4.78 is 0. The normalized spacial score (nSPS) is 15.4. The second-order valence-corrected chi connectivity index (χ2v) is 7.79. The first-order chi connectivity index (χ1) is 13.1. The Morgan fingerprint density at radius 1 is 0.963 bits per heavy atom. The smallest absolute Gasteiger partial charge is 0.0399 e. The number of hydrogen-bond donors (Lipinski definition) is 0. The summed E-state index contributed by atoms with van der Waals surface area (Å²) in [6.07, 6.45) is 6.02. The lowest BCUT2D eigenvalue weighted by atomic mass is 9.97. The van der Waals surface area contributed by atoms with Crippen molar-refractivity contribution in [2.24, 2.45) is 5.92 Å². The summed E-state index contributed by atoms with van der Waals surface area (Å²) in [5, 5.41) is 0. The first-order valence-corrected chi connectivity index (χ1v) is 10.2. The minimum atomic E-state index is 0.854. The molecule has 0 spiro atoms. The molecule has 1 heterocycles. The molecule has 0 bridgehead atoms. The molecular weight excluding hydrogens is 326 g/mol. The maximum Gasteiger partial charge on any atom is 0.0399 e. The number of hydrogen-bond acceptors (Lipinski definition) is 1. The highest BCUT2D eigenvalue weighted by atomic mass is 15.1. The molecule has 0 unspecified atom stereocenters. The summed E-state index contributed by atoms with van der Waals surface area (Å²) in [6.45, 7) is 11.2. The van der Waals surface area contributed by atoms with Gasteiger partial charge in [0.05, 0.1) is 0 Å². The molecule has 0 aromatic heterocycles. The van der Waals surface area contributed by atoms with Crippen molar-refractivity contribution in [3.05, 3.63) is 76.4 Å². The fourth-order valence-electron chi connectivity index (χ4n) is 3.56. The molecule has 1 fully saturated rings. The average molecular weight is 358 g/mol. The second-order valence-electron chi connectivity index (χ2n) is 7.79. The number of benzene rings is 2. The summed E-state index contributed by atoms with van der Waals surface area (Å²) >= 11 is 0. The van der Waals surface area contributed by atoms with Gasteiger partial charge in [-0.05, 0) is 80.0 Å². The van der Waals surface area contributed by atoms with E-state index in [0.717, 1.165) is 23.5 Å². The SMILES string of the molecule is CC/C=C(\c1ccc(C#Cc2ccc(C)c(C)c2)cc1)N1CCC(C)CC1. The summed E-state index contributed by atoms with van der Waals surface area (Å²) in [5.41, 5.74) is 7.45. The monoisotopic (exact) mass is 357 g/mol. The van der Waals surface area contributed by atoms with Gasteiger partial charge in [-0.25, -0.2) is 0 Å². The lowest BCUT2D eigenvalue weighted by molar-refractivity contribution is 0.268. The van der Waals surface area contributed by atoms with Gasteiger partial charge in [0.25, 0.3) is 0 Å². The van der Waals surface area contributed by atoms with Crippen LogP contribution >= 0.6 is 0 Å². The minimum absolute atomic E-state index is 0.854. The van der Waals surface area contributed by atoms with Gasteiger partial charge in [-0.3, -0.25) is 0 Å². The van der Waals surface area contributed by atoms with Crippen LogP contribution < -0.4 is 0 Å². The van der Waals surface area contributed by atoms with Gasteiger partial charge in [-0.1, -0.05) is 50.0 Å². The zero-order chi connectivity index (χ0) is 19.2. The Hall–Kier alpha value is -2.46. The van der Waals surface area contributed by atoms with Gasteiger partial charge in [0, 0.05) is 29.9 Å². The van der Waals surface area contributed by atoms with Crippen molar-refractivity contribution in [3.63, 3.8) is 0 Å². The van der Waals surface area contributed by atoms with Crippen LogP contribution in [0.5, 0.6) is 0 Å². The van der Waals surface area contributed by atoms with Crippen LogP contribution in [0.1, 0.15) is 60.9 Å². The van der Waals surface area contributed by atoms with Crippen LogP contribution in [0, 0.1) is 31.6 Å². The molecule has 1 aliphatic rings. The molecule has 1 nitrogen and oxygen atoms in total. The lowest BCUT2D eigenvalue weighted by Crippen LogP contribution is -2.31. The van der Waals surface area contributed by atoms with Gasteiger partial charge in [0.2, 0.25) is 0 Å². The average Bonchev–Trinajstić information content (AvgIpc) is 2.68. The van der Waals surface area contributed by atoms with Gasteiger partial charge in [0.1, 0.15) is 0 Å². The van der Waals surface area contributed by atoms with E-state index in [1.165, 1.54) is 48.3 Å². The molecule has 1 heteroatoms. The van der Waals surface area contributed by atoms with E-state index in [4.69, 9.17) is 0 Å². The second kappa shape index (κ2) is 8.96. The van der Waals surface area contributed by atoms with E-state index in [0.29, 0.717) is 0 Å². The number of allylic oxidation sites excluding steroid dienone is 1. The fourth-order valence-corrected chi connectivity index (χ4v) is 3.56. The van der Waals surface area contributed by atoms with E-state index < -0.39 is 0 Å². The van der Waals surface area contributed by atoms with E-state index in [1.54, 1.807) is 0 Å². The van der Waals surface area contributed by atoms with Crippen molar-refractivity contribution in [3.8, 4) is 11.8 Å². The van der Waals surface area contributed by atoms with E-state index in [9.17, 15) is 0 Å². The number of nitrogens with zero attached hydrogens (tertiary/aromatic N) is 1. The van der Waals surface area contributed by atoms with Gasteiger partial charge >= 0.3 is 0 Å². The van der Waals surface area contributed by atoms with Crippen molar-refractivity contribution in [1.82, 2.24) is 4.90 Å². The van der Waals surface area contributed by atoms with Crippen LogP contribution in [0.3, 0.4) is 0 Å². The Kier molecular flexibility index (Phi) is 6.40. The topological polar surface area (TPSA) is 3.24 Å². The maximum atomic E-state index is 3.31. The summed E-state index contributed by atoms with van der Waals surface area (Å²) in [6, 6.07) is 15.2. The summed E-state index contributed by atoms with van der Waals surface area (Å²) in [4.78, 5) is 2.55. The van der Waals surface area contributed by atoms with Crippen molar-refractivity contribution in [2.45, 2.75) is 47.0 Å². The Morgan fingerprint density at radius 3 is 2.22 bits per heavy atom. The Morgan fingerprint density at radius 2 is 1.59 bits per heavy atom. The molecule has 1 saturated heterocycles. The maximum absolute atomic E-state index is 3.31. The Balaban J connectivity index is 1.76. The molecule has 0 amide bonds.